The molecule has 0 atom stereocenters. The molecule has 4 rings (SSSR count). The summed E-state index contributed by atoms with van der Waals surface area (Å²) in [6.07, 6.45) is 5.71. The first-order valence-corrected chi connectivity index (χ1v) is 10.5. The van der Waals surface area contributed by atoms with Crippen LogP contribution in [0.3, 0.4) is 0 Å². The van der Waals surface area contributed by atoms with Gasteiger partial charge in [0.05, 0.1) is 0 Å². The Labute approximate surface area is 176 Å². The molecule has 1 aliphatic heterocycles. The molecular formula is C24H26FN3O2. The standard InChI is InChI=1S/C24H26FN3O2/c1-17-6-8-18(9-7-17)22-23(30)28(24(27-22)14-4-2-3-5-15-24)16-21(29)26-20-12-10-19(25)11-13-20/h6-13H,2-5,14-16H2,1H3,(H,26,29). The van der Waals surface area contributed by atoms with Crippen LogP contribution in [0.1, 0.15) is 49.7 Å². The Hall–Kier alpha value is -3.02. The molecule has 2 aromatic carbocycles. The van der Waals surface area contributed by atoms with Crippen LogP contribution in [-0.4, -0.2) is 34.6 Å². The Kier molecular flexibility index (Phi) is 5.66. The van der Waals surface area contributed by atoms with Crippen LogP contribution in [0.15, 0.2) is 53.5 Å². The molecule has 0 bridgehead atoms. The van der Waals surface area contributed by atoms with Crippen molar-refractivity contribution in [1.82, 2.24) is 4.90 Å². The second-order valence-electron chi connectivity index (χ2n) is 8.17. The largest absolute Gasteiger partial charge is 0.325 e. The van der Waals surface area contributed by atoms with Crippen molar-refractivity contribution >= 4 is 23.2 Å². The summed E-state index contributed by atoms with van der Waals surface area (Å²) in [6, 6.07) is 13.4. The molecule has 0 aromatic heterocycles. The topological polar surface area (TPSA) is 61.8 Å². The molecule has 1 fully saturated rings. The second kappa shape index (κ2) is 8.38. The van der Waals surface area contributed by atoms with Gasteiger partial charge in [-0.25, -0.2) is 4.39 Å². The van der Waals surface area contributed by atoms with E-state index >= 15 is 0 Å². The van der Waals surface area contributed by atoms with E-state index in [1.54, 1.807) is 4.90 Å². The average Bonchev–Trinajstić information content (AvgIpc) is 2.88. The molecule has 0 saturated heterocycles. The van der Waals surface area contributed by atoms with Crippen molar-refractivity contribution < 1.29 is 14.0 Å². The van der Waals surface area contributed by atoms with Crippen molar-refractivity contribution in [3.05, 3.63) is 65.5 Å². The van der Waals surface area contributed by atoms with E-state index in [4.69, 9.17) is 4.99 Å². The van der Waals surface area contributed by atoms with Gasteiger partial charge >= 0.3 is 0 Å². The molecule has 2 aromatic rings. The van der Waals surface area contributed by atoms with Gasteiger partial charge in [0.15, 0.2) is 0 Å². The number of benzene rings is 2. The van der Waals surface area contributed by atoms with E-state index in [9.17, 15) is 14.0 Å². The number of nitrogens with zero attached hydrogens (tertiary/aromatic N) is 2. The maximum Gasteiger partial charge on any atom is 0.275 e. The summed E-state index contributed by atoms with van der Waals surface area (Å²) in [4.78, 5) is 32.7. The van der Waals surface area contributed by atoms with E-state index < -0.39 is 5.66 Å². The highest BCUT2D eigenvalue weighted by atomic mass is 19.1. The number of aliphatic imine (C=N–C) groups is 1. The summed E-state index contributed by atoms with van der Waals surface area (Å²) in [5.74, 6) is -0.870. The summed E-state index contributed by atoms with van der Waals surface area (Å²) in [5.41, 5.74) is 2.18. The van der Waals surface area contributed by atoms with Gasteiger partial charge in [0.1, 0.15) is 23.7 Å². The smallest absolute Gasteiger partial charge is 0.275 e. The number of rotatable bonds is 4. The van der Waals surface area contributed by atoms with Gasteiger partial charge in [-0.3, -0.25) is 14.6 Å². The lowest BCUT2D eigenvalue weighted by atomic mass is 10.00. The summed E-state index contributed by atoms with van der Waals surface area (Å²) >= 11 is 0. The van der Waals surface area contributed by atoms with Crippen LogP contribution in [-0.2, 0) is 9.59 Å². The Bertz CT molecular complexity index is 959. The maximum atomic E-state index is 13.4. The zero-order valence-corrected chi connectivity index (χ0v) is 17.2. The highest BCUT2D eigenvalue weighted by Gasteiger charge is 2.47. The number of nitrogens with one attached hydrogen (secondary N) is 1. The van der Waals surface area contributed by atoms with E-state index in [-0.39, 0.29) is 24.2 Å². The molecule has 2 aliphatic rings. The van der Waals surface area contributed by atoms with Gasteiger partial charge in [-0.05, 0) is 56.9 Å². The van der Waals surface area contributed by atoms with Gasteiger partial charge in [-0.15, -0.1) is 0 Å². The summed E-state index contributed by atoms with van der Waals surface area (Å²) in [6.45, 7) is 1.93. The summed E-state index contributed by atoms with van der Waals surface area (Å²) in [5, 5.41) is 2.77. The Morgan fingerprint density at radius 2 is 1.67 bits per heavy atom. The molecule has 0 radical (unpaired) electrons. The zero-order chi connectivity index (χ0) is 21.1. The first-order valence-electron chi connectivity index (χ1n) is 10.5. The molecule has 5 nitrogen and oxygen atoms in total. The van der Waals surface area contributed by atoms with Crippen LogP contribution in [0.25, 0.3) is 0 Å². The lowest BCUT2D eigenvalue weighted by molar-refractivity contribution is -0.133. The van der Waals surface area contributed by atoms with E-state index in [1.807, 2.05) is 31.2 Å². The Balaban J connectivity index is 1.59. The lowest BCUT2D eigenvalue weighted by Crippen LogP contribution is -2.50. The van der Waals surface area contributed by atoms with Crippen molar-refractivity contribution in [2.24, 2.45) is 4.99 Å². The SMILES string of the molecule is Cc1ccc(C2=NC3(CCCCCC3)N(CC(=O)Nc3ccc(F)cc3)C2=O)cc1. The molecule has 1 heterocycles. The van der Waals surface area contributed by atoms with Crippen LogP contribution in [0.4, 0.5) is 10.1 Å². The number of hydrogen-bond donors (Lipinski definition) is 1. The van der Waals surface area contributed by atoms with Crippen molar-refractivity contribution in [1.29, 1.82) is 0 Å². The fourth-order valence-corrected chi connectivity index (χ4v) is 4.31. The van der Waals surface area contributed by atoms with Crippen LogP contribution in [0.2, 0.25) is 0 Å². The molecule has 1 N–H and O–H groups in total. The Morgan fingerprint density at radius 3 is 2.30 bits per heavy atom. The number of carbonyl (C=O) groups is 2. The van der Waals surface area contributed by atoms with E-state index in [1.165, 1.54) is 24.3 Å². The molecule has 1 spiro atoms. The minimum Gasteiger partial charge on any atom is -0.325 e. The third-order valence-corrected chi connectivity index (χ3v) is 5.93. The van der Waals surface area contributed by atoms with Crippen molar-refractivity contribution in [3.63, 3.8) is 0 Å². The normalized spacial score (nSPS) is 18.3. The molecule has 156 valence electrons. The van der Waals surface area contributed by atoms with Gasteiger partial charge < -0.3 is 10.2 Å². The van der Waals surface area contributed by atoms with Crippen molar-refractivity contribution in [3.8, 4) is 0 Å². The number of anilines is 1. The van der Waals surface area contributed by atoms with Crippen molar-refractivity contribution in [2.75, 3.05) is 11.9 Å². The summed E-state index contributed by atoms with van der Waals surface area (Å²) < 4.78 is 13.1. The van der Waals surface area contributed by atoms with Crippen LogP contribution in [0.5, 0.6) is 0 Å². The molecule has 0 unspecified atom stereocenters. The van der Waals surface area contributed by atoms with Gasteiger partial charge in [0.25, 0.3) is 5.91 Å². The van der Waals surface area contributed by atoms with Crippen LogP contribution < -0.4 is 5.32 Å². The van der Waals surface area contributed by atoms with Crippen molar-refractivity contribution in [2.45, 2.75) is 51.1 Å². The monoisotopic (exact) mass is 407 g/mol. The first-order chi connectivity index (χ1) is 14.5. The van der Waals surface area contributed by atoms with Gasteiger partial charge in [-0.2, -0.15) is 0 Å². The molecule has 1 saturated carbocycles. The fourth-order valence-electron chi connectivity index (χ4n) is 4.31. The van der Waals surface area contributed by atoms with Crippen LogP contribution >= 0.6 is 0 Å². The second-order valence-corrected chi connectivity index (χ2v) is 8.17. The highest BCUT2D eigenvalue weighted by molar-refractivity contribution is 6.47. The lowest BCUT2D eigenvalue weighted by Gasteiger charge is -2.35. The molecule has 30 heavy (non-hydrogen) atoms. The van der Waals surface area contributed by atoms with Gasteiger partial charge in [0, 0.05) is 11.3 Å². The van der Waals surface area contributed by atoms with Crippen LogP contribution in [0, 0.1) is 12.7 Å². The first kappa shape index (κ1) is 20.3. The Morgan fingerprint density at radius 1 is 1.03 bits per heavy atom. The maximum absolute atomic E-state index is 13.4. The summed E-state index contributed by atoms with van der Waals surface area (Å²) in [7, 11) is 0. The van der Waals surface area contributed by atoms with E-state index in [2.05, 4.69) is 5.32 Å². The minimum atomic E-state index is -0.659. The third-order valence-electron chi connectivity index (χ3n) is 5.93. The molecule has 2 amide bonds. The number of carbonyl (C=O) groups excluding carboxylic acids is 2. The molecule has 6 heteroatoms. The minimum absolute atomic E-state index is 0.0743. The van der Waals surface area contributed by atoms with E-state index in [0.717, 1.165) is 49.7 Å². The van der Waals surface area contributed by atoms with Gasteiger partial charge in [0.2, 0.25) is 5.91 Å². The van der Waals surface area contributed by atoms with E-state index in [0.29, 0.717) is 11.4 Å². The number of amides is 2. The predicted molar refractivity (Wildman–Crippen MR) is 115 cm³/mol. The third kappa shape index (κ3) is 4.13. The number of hydrogen-bond acceptors (Lipinski definition) is 3. The zero-order valence-electron chi connectivity index (χ0n) is 17.2. The number of aryl methyl sites for hydroxylation is 1. The molecule has 1 aliphatic carbocycles. The fraction of sp³-hybridized carbons (Fsp3) is 0.375. The highest BCUT2D eigenvalue weighted by Crippen LogP contribution is 2.38. The average molecular weight is 407 g/mol. The quantitative estimate of drug-likeness (QED) is 0.814. The van der Waals surface area contributed by atoms with Gasteiger partial charge in [-0.1, -0.05) is 42.7 Å². The predicted octanol–water partition coefficient (Wildman–Crippen LogP) is 4.45. The number of halogens is 1. The molecular weight excluding hydrogens is 381 g/mol.